The maximum Gasteiger partial charge on any atom is 0.159 e. The molecule has 4 N–H and O–H groups in total. The zero-order valence-electron chi connectivity index (χ0n) is 15.7. The molecule has 0 bridgehead atoms. The summed E-state index contributed by atoms with van der Waals surface area (Å²) >= 11 is 0. The molecule has 0 amide bonds. The fourth-order valence-corrected chi connectivity index (χ4v) is 3.88. The number of hydrogen-bond acceptors (Lipinski definition) is 6. The van der Waals surface area contributed by atoms with Crippen LogP contribution < -0.4 is 5.73 Å². The number of pyridine rings is 1. The number of phenols is 2. The summed E-state index contributed by atoms with van der Waals surface area (Å²) in [6.45, 7) is 3.40. The van der Waals surface area contributed by atoms with E-state index in [1.807, 2.05) is 0 Å². The topological polar surface area (TPSA) is 106 Å². The van der Waals surface area contributed by atoms with Crippen molar-refractivity contribution in [2.45, 2.75) is 51.4 Å². The van der Waals surface area contributed by atoms with Gasteiger partial charge < -0.3 is 20.8 Å². The first-order valence-electron chi connectivity index (χ1n) is 9.82. The van der Waals surface area contributed by atoms with Crippen molar-refractivity contribution < 1.29 is 10.2 Å². The van der Waals surface area contributed by atoms with Gasteiger partial charge in [0.15, 0.2) is 11.5 Å². The minimum Gasteiger partial charge on any atom is -0.504 e. The number of aryl methyl sites for hydroxylation is 1. The number of piperidine rings is 1. The first-order chi connectivity index (χ1) is 13.1. The van der Waals surface area contributed by atoms with E-state index in [9.17, 15) is 10.2 Å². The van der Waals surface area contributed by atoms with E-state index in [4.69, 9.17) is 11.0 Å². The summed E-state index contributed by atoms with van der Waals surface area (Å²) in [5.74, 6) is -0.304. The second-order valence-electron chi connectivity index (χ2n) is 7.33. The van der Waals surface area contributed by atoms with Crippen molar-refractivity contribution in [2.24, 2.45) is 0 Å². The van der Waals surface area contributed by atoms with Crippen LogP contribution in [-0.2, 0) is 12.8 Å². The van der Waals surface area contributed by atoms with Crippen LogP contribution in [0.15, 0.2) is 12.1 Å². The quantitative estimate of drug-likeness (QED) is 0.701. The fraction of sp³-hybridized carbons (Fsp3) is 0.524. The molecule has 2 aromatic rings. The molecule has 2 aliphatic rings. The van der Waals surface area contributed by atoms with Crippen molar-refractivity contribution in [1.82, 2.24) is 9.88 Å². The summed E-state index contributed by atoms with van der Waals surface area (Å²) in [4.78, 5) is 6.91. The Bertz CT molecular complexity index is 838. The van der Waals surface area contributed by atoms with Gasteiger partial charge in [-0.1, -0.05) is 6.42 Å². The van der Waals surface area contributed by atoms with Gasteiger partial charge in [0, 0.05) is 35.8 Å². The van der Waals surface area contributed by atoms with Crippen molar-refractivity contribution in [3.05, 3.63) is 23.4 Å². The Morgan fingerprint density at radius 2 is 1.74 bits per heavy atom. The number of nitrogens with zero attached hydrogens (tertiary/aromatic N) is 3. The first-order valence-corrected chi connectivity index (χ1v) is 9.82. The van der Waals surface area contributed by atoms with E-state index in [0.717, 1.165) is 48.9 Å². The Kier molecular flexibility index (Phi) is 6.36. The average Bonchev–Trinajstić information content (AvgIpc) is 2.70. The number of nitrogen functional groups attached to an aromatic ring is 1. The molecule has 6 heteroatoms. The van der Waals surface area contributed by atoms with Gasteiger partial charge in [0.25, 0.3) is 0 Å². The zero-order chi connectivity index (χ0) is 19.2. The van der Waals surface area contributed by atoms with Gasteiger partial charge in [-0.3, -0.25) is 4.98 Å². The number of aromatic hydroxyl groups is 2. The van der Waals surface area contributed by atoms with Crippen LogP contribution in [0.5, 0.6) is 11.5 Å². The number of fused-ring (bicyclic) bond motifs is 2. The summed E-state index contributed by atoms with van der Waals surface area (Å²) in [6, 6.07) is 5.13. The number of rotatable bonds is 2. The Labute approximate surface area is 160 Å². The molecule has 4 rings (SSSR count). The fourth-order valence-electron chi connectivity index (χ4n) is 3.88. The van der Waals surface area contributed by atoms with Gasteiger partial charge in [-0.25, -0.2) is 0 Å². The lowest BCUT2D eigenvalue weighted by molar-refractivity contribution is 0.233. The molecule has 0 saturated carbocycles. The molecule has 2 heterocycles. The molecule has 0 spiro atoms. The minimum atomic E-state index is -0.153. The van der Waals surface area contributed by atoms with E-state index in [-0.39, 0.29) is 11.5 Å². The third kappa shape index (κ3) is 4.61. The lowest BCUT2D eigenvalue weighted by Crippen LogP contribution is -2.30. The highest BCUT2D eigenvalue weighted by molar-refractivity contribution is 5.94. The number of phenolic OH excluding ortho intramolecular Hbond substituents is 2. The highest BCUT2D eigenvalue weighted by Crippen LogP contribution is 2.36. The second-order valence-corrected chi connectivity index (χ2v) is 7.33. The Morgan fingerprint density at radius 1 is 1.04 bits per heavy atom. The summed E-state index contributed by atoms with van der Waals surface area (Å²) in [5.41, 5.74) is 9.61. The number of nitriles is 1. The summed E-state index contributed by atoms with van der Waals surface area (Å²) < 4.78 is 0. The summed E-state index contributed by atoms with van der Waals surface area (Å²) in [5, 5.41) is 28.0. The van der Waals surface area contributed by atoms with Crippen LogP contribution in [0, 0.1) is 11.3 Å². The summed E-state index contributed by atoms with van der Waals surface area (Å²) in [7, 11) is 0. The third-order valence-electron chi connectivity index (χ3n) is 5.39. The molecule has 144 valence electrons. The number of likely N-dealkylation sites (tertiary alicyclic amines) is 1. The average molecular weight is 368 g/mol. The molecule has 1 aliphatic carbocycles. The molecular formula is C21H28N4O2. The van der Waals surface area contributed by atoms with Gasteiger partial charge in [-0.15, -0.1) is 0 Å². The van der Waals surface area contributed by atoms with Gasteiger partial charge in [0.2, 0.25) is 0 Å². The van der Waals surface area contributed by atoms with Gasteiger partial charge in [0.1, 0.15) is 0 Å². The first kappa shape index (κ1) is 19.2. The highest BCUT2D eigenvalue weighted by atomic mass is 16.3. The van der Waals surface area contributed by atoms with Crippen molar-refractivity contribution >= 4 is 16.6 Å². The van der Waals surface area contributed by atoms with Crippen LogP contribution >= 0.6 is 0 Å². The second kappa shape index (κ2) is 8.92. The third-order valence-corrected chi connectivity index (χ3v) is 5.39. The predicted molar refractivity (Wildman–Crippen MR) is 107 cm³/mol. The Hall–Kier alpha value is -2.52. The van der Waals surface area contributed by atoms with E-state index in [1.165, 1.54) is 44.5 Å². The van der Waals surface area contributed by atoms with E-state index >= 15 is 0 Å². The predicted octanol–water partition coefficient (Wildman–Crippen LogP) is 3.49. The van der Waals surface area contributed by atoms with Crippen LogP contribution in [0.1, 0.15) is 49.8 Å². The Morgan fingerprint density at radius 3 is 2.48 bits per heavy atom. The summed E-state index contributed by atoms with van der Waals surface area (Å²) in [6.07, 6.45) is 8.88. The molecule has 0 unspecified atom stereocenters. The van der Waals surface area contributed by atoms with Crippen molar-refractivity contribution in [1.29, 1.82) is 5.26 Å². The maximum absolute atomic E-state index is 9.51. The molecule has 1 aromatic carbocycles. The molecule has 1 fully saturated rings. The number of anilines is 1. The zero-order valence-corrected chi connectivity index (χ0v) is 15.7. The standard InChI is InChI=1S/C13H14N2O2.C8H14N2/c14-13-7-3-1-2-4-9(7)15-10-6-12(17)11(16)5-8(10)13;9-5-4-8-10-6-2-1-3-7-10/h5-6,16-17H,1-4H2,(H2,14,15);1-4,6-8H2. The minimum absolute atomic E-state index is 0.151. The molecule has 6 nitrogen and oxygen atoms in total. The molecule has 1 aromatic heterocycles. The molecule has 1 saturated heterocycles. The largest absolute Gasteiger partial charge is 0.504 e. The van der Waals surface area contributed by atoms with E-state index in [2.05, 4.69) is 16.0 Å². The van der Waals surface area contributed by atoms with Crippen molar-refractivity contribution in [3.8, 4) is 17.6 Å². The number of benzene rings is 1. The van der Waals surface area contributed by atoms with E-state index in [0.29, 0.717) is 17.6 Å². The molecule has 1 aliphatic heterocycles. The van der Waals surface area contributed by atoms with Crippen molar-refractivity contribution in [3.63, 3.8) is 0 Å². The molecule has 27 heavy (non-hydrogen) atoms. The normalized spacial score (nSPS) is 16.9. The van der Waals surface area contributed by atoms with Crippen LogP contribution in [0.25, 0.3) is 10.9 Å². The molecule has 0 atom stereocenters. The molecular weight excluding hydrogens is 340 g/mol. The van der Waals surface area contributed by atoms with Crippen LogP contribution in [0.4, 0.5) is 5.69 Å². The number of hydrogen-bond donors (Lipinski definition) is 3. The Balaban J connectivity index is 0.000000180. The van der Waals surface area contributed by atoms with Gasteiger partial charge in [0.05, 0.1) is 11.6 Å². The number of aromatic nitrogens is 1. The maximum atomic E-state index is 9.51. The van der Waals surface area contributed by atoms with Crippen LogP contribution in [-0.4, -0.2) is 39.7 Å². The van der Waals surface area contributed by atoms with Crippen molar-refractivity contribution in [2.75, 3.05) is 25.4 Å². The highest BCUT2D eigenvalue weighted by Gasteiger charge is 2.17. The smallest absolute Gasteiger partial charge is 0.159 e. The molecule has 0 radical (unpaired) electrons. The van der Waals surface area contributed by atoms with Crippen LogP contribution in [0.2, 0.25) is 0 Å². The van der Waals surface area contributed by atoms with E-state index < -0.39 is 0 Å². The monoisotopic (exact) mass is 368 g/mol. The SMILES string of the molecule is N#CCCN1CCCCC1.Nc1c2c(nc3cc(O)c(O)cc13)CCCC2. The lowest BCUT2D eigenvalue weighted by Gasteiger charge is -2.24. The van der Waals surface area contributed by atoms with Gasteiger partial charge in [-0.05, 0) is 63.2 Å². The van der Waals surface area contributed by atoms with Gasteiger partial charge in [-0.2, -0.15) is 5.26 Å². The van der Waals surface area contributed by atoms with E-state index in [1.54, 1.807) is 0 Å². The number of nitrogens with two attached hydrogens (primary N) is 1. The lowest BCUT2D eigenvalue weighted by atomic mass is 9.93. The van der Waals surface area contributed by atoms with Gasteiger partial charge >= 0.3 is 0 Å². The van der Waals surface area contributed by atoms with Crippen LogP contribution in [0.3, 0.4) is 0 Å².